The Labute approximate surface area is 99.2 Å². The summed E-state index contributed by atoms with van der Waals surface area (Å²) >= 11 is 0. The zero-order valence-electron chi connectivity index (χ0n) is 9.69. The Morgan fingerprint density at radius 1 is 1.29 bits per heavy atom. The minimum atomic E-state index is -0.232. The Morgan fingerprint density at radius 2 is 2.06 bits per heavy atom. The van der Waals surface area contributed by atoms with Crippen molar-refractivity contribution >= 4 is 11.1 Å². The number of nitrogens with zero attached hydrogens (tertiary/aromatic N) is 1. The van der Waals surface area contributed by atoms with Gasteiger partial charge >= 0.3 is 5.76 Å². The molecule has 0 spiro atoms. The molecule has 2 heterocycles. The van der Waals surface area contributed by atoms with Crippen LogP contribution in [0.2, 0.25) is 0 Å². The van der Waals surface area contributed by atoms with Gasteiger partial charge in [0.1, 0.15) is 0 Å². The van der Waals surface area contributed by atoms with Crippen molar-refractivity contribution in [2.75, 3.05) is 13.1 Å². The van der Waals surface area contributed by atoms with Crippen molar-refractivity contribution < 1.29 is 4.42 Å². The number of rotatable bonds is 2. The fourth-order valence-corrected chi connectivity index (χ4v) is 2.51. The summed E-state index contributed by atoms with van der Waals surface area (Å²) in [5.41, 5.74) is 1.60. The first-order valence-corrected chi connectivity index (χ1v) is 6.14. The van der Waals surface area contributed by atoms with Crippen molar-refractivity contribution in [2.24, 2.45) is 5.92 Å². The molecule has 0 bridgehead atoms. The predicted molar refractivity (Wildman–Crippen MR) is 66.1 cm³/mol. The van der Waals surface area contributed by atoms with Gasteiger partial charge in [-0.05, 0) is 44.0 Å². The molecule has 0 aliphatic carbocycles. The van der Waals surface area contributed by atoms with Gasteiger partial charge in [-0.15, -0.1) is 0 Å². The topological polar surface area (TPSA) is 47.2 Å². The highest BCUT2D eigenvalue weighted by molar-refractivity contribution is 5.72. The van der Waals surface area contributed by atoms with E-state index in [4.69, 9.17) is 4.42 Å². The fraction of sp³-hybridized carbons (Fsp3) is 0.462. The molecule has 0 unspecified atom stereocenters. The number of fused-ring (bicyclic) bond motifs is 1. The largest absolute Gasteiger partial charge is 0.419 e. The van der Waals surface area contributed by atoms with Crippen LogP contribution >= 0.6 is 0 Å². The number of hydrogen-bond donors (Lipinski definition) is 1. The summed E-state index contributed by atoms with van der Waals surface area (Å²) < 4.78 is 7.00. The number of piperidine rings is 1. The molecule has 1 aromatic heterocycles. The van der Waals surface area contributed by atoms with Crippen LogP contribution in [0.25, 0.3) is 11.1 Å². The number of hydrogen-bond acceptors (Lipinski definition) is 3. The molecule has 4 nitrogen and oxygen atoms in total. The van der Waals surface area contributed by atoms with E-state index in [1.165, 1.54) is 0 Å². The van der Waals surface area contributed by atoms with Gasteiger partial charge in [0, 0.05) is 6.54 Å². The van der Waals surface area contributed by atoms with E-state index in [1.807, 2.05) is 24.3 Å². The van der Waals surface area contributed by atoms with Crippen LogP contribution in [0.1, 0.15) is 12.8 Å². The lowest BCUT2D eigenvalue weighted by Gasteiger charge is -2.22. The van der Waals surface area contributed by atoms with Crippen LogP contribution < -0.4 is 11.1 Å². The number of oxazole rings is 1. The van der Waals surface area contributed by atoms with Crippen molar-refractivity contribution in [1.82, 2.24) is 9.88 Å². The van der Waals surface area contributed by atoms with E-state index in [0.717, 1.165) is 38.0 Å². The molecule has 1 aromatic carbocycles. The maximum atomic E-state index is 11.8. The second kappa shape index (κ2) is 4.37. The molecule has 90 valence electrons. The molecule has 1 N–H and O–H groups in total. The SMILES string of the molecule is O=c1oc2ccccc2n1CC1CCNCC1. The molecule has 1 aliphatic rings. The lowest BCUT2D eigenvalue weighted by molar-refractivity contribution is 0.325. The van der Waals surface area contributed by atoms with Crippen LogP contribution in [0.4, 0.5) is 0 Å². The number of para-hydroxylation sites is 2. The smallest absolute Gasteiger partial charge is 0.408 e. The molecule has 0 radical (unpaired) electrons. The van der Waals surface area contributed by atoms with Gasteiger partial charge in [0.2, 0.25) is 0 Å². The van der Waals surface area contributed by atoms with Gasteiger partial charge in [-0.3, -0.25) is 4.57 Å². The number of nitrogens with one attached hydrogen (secondary N) is 1. The van der Waals surface area contributed by atoms with E-state index < -0.39 is 0 Å². The van der Waals surface area contributed by atoms with Gasteiger partial charge in [-0.2, -0.15) is 0 Å². The van der Waals surface area contributed by atoms with Gasteiger partial charge in [0.05, 0.1) is 5.52 Å². The van der Waals surface area contributed by atoms with Crippen LogP contribution in [-0.2, 0) is 6.54 Å². The standard InChI is InChI=1S/C13H16N2O2/c16-13-15(9-10-5-7-14-8-6-10)11-3-1-2-4-12(11)17-13/h1-4,10,14H,5-9H2. The first-order valence-electron chi connectivity index (χ1n) is 6.14. The number of benzene rings is 1. The maximum absolute atomic E-state index is 11.8. The molecule has 2 aromatic rings. The first kappa shape index (κ1) is 10.6. The van der Waals surface area contributed by atoms with Gasteiger partial charge in [0.15, 0.2) is 5.58 Å². The Bertz CT molecular complexity index is 564. The summed E-state index contributed by atoms with van der Waals surface area (Å²) in [4.78, 5) is 11.8. The molecule has 0 atom stereocenters. The third-order valence-corrected chi connectivity index (χ3v) is 3.47. The monoisotopic (exact) mass is 232 g/mol. The molecule has 0 amide bonds. The molecule has 0 saturated carbocycles. The predicted octanol–water partition coefficient (Wildman–Crippen LogP) is 1.59. The summed E-state index contributed by atoms with van der Waals surface area (Å²) in [5.74, 6) is 0.347. The molecular formula is C13H16N2O2. The molecule has 4 heteroatoms. The van der Waals surface area contributed by atoms with Gasteiger partial charge in [-0.1, -0.05) is 12.1 Å². The minimum Gasteiger partial charge on any atom is -0.408 e. The van der Waals surface area contributed by atoms with Crippen LogP contribution in [0.3, 0.4) is 0 Å². The third kappa shape index (κ3) is 2.00. The molecule has 1 aliphatic heterocycles. The molecule has 3 rings (SSSR count). The van der Waals surface area contributed by atoms with Crippen molar-refractivity contribution in [3.05, 3.63) is 34.8 Å². The summed E-state index contributed by atoms with van der Waals surface area (Å²) in [6.45, 7) is 2.88. The second-order valence-corrected chi connectivity index (χ2v) is 4.64. The van der Waals surface area contributed by atoms with E-state index in [2.05, 4.69) is 5.32 Å². The van der Waals surface area contributed by atoms with E-state index in [9.17, 15) is 4.79 Å². The Balaban J connectivity index is 1.93. The lowest BCUT2D eigenvalue weighted by atomic mass is 9.98. The highest BCUT2D eigenvalue weighted by Gasteiger charge is 2.17. The Hall–Kier alpha value is -1.55. The molecular weight excluding hydrogens is 216 g/mol. The summed E-state index contributed by atoms with van der Waals surface area (Å²) in [6.07, 6.45) is 2.26. The summed E-state index contributed by atoms with van der Waals surface area (Å²) in [6, 6.07) is 7.62. The van der Waals surface area contributed by atoms with Crippen molar-refractivity contribution in [3.8, 4) is 0 Å². The van der Waals surface area contributed by atoms with Crippen molar-refractivity contribution in [1.29, 1.82) is 0 Å². The molecule has 17 heavy (non-hydrogen) atoms. The van der Waals surface area contributed by atoms with Gasteiger partial charge in [-0.25, -0.2) is 4.79 Å². The summed E-state index contributed by atoms with van der Waals surface area (Å²) in [5, 5.41) is 3.34. The summed E-state index contributed by atoms with van der Waals surface area (Å²) in [7, 11) is 0. The van der Waals surface area contributed by atoms with Crippen LogP contribution in [0, 0.1) is 5.92 Å². The quantitative estimate of drug-likeness (QED) is 0.855. The van der Waals surface area contributed by atoms with E-state index >= 15 is 0 Å². The highest BCUT2D eigenvalue weighted by atomic mass is 16.4. The number of aromatic nitrogens is 1. The average molecular weight is 232 g/mol. The van der Waals surface area contributed by atoms with Crippen molar-refractivity contribution in [3.63, 3.8) is 0 Å². The molecule has 1 fully saturated rings. The van der Waals surface area contributed by atoms with Crippen LogP contribution in [0.5, 0.6) is 0 Å². The fourth-order valence-electron chi connectivity index (χ4n) is 2.51. The maximum Gasteiger partial charge on any atom is 0.419 e. The lowest BCUT2D eigenvalue weighted by Crippen LogP contribution is -2.31. The zero-order chi connectivity index (χ0) is 11.7. The van der Waals surface area contributed by atoms with E-state index in [-0.39, 0.29) is 5.76 Å². The third-order valence-electron chi connectivity index (χ3n) is 3.47. The average Bonchev–Trinajstić information content (AvgIpc) is 2.68. The van der Waals surface area contributed by atoms with Gasteiger partial charge < -0.3 is 9.73 Å². The van der Waals surface area contributed by atoms with Gasteiger partial charge in [0.25, 0.3) is 0 Å². The zero-order valence-corrected chi connectivity index (χ0v) is 9.69. The second-order valence-electron chi connectivity index (χ2n) is 4.64. The van der Waals surface area contributed by atoms with Crippen LogP contribution in [0.15, 0.2) is 33.5 Å². The normalized spacial score (nSPS) is 17.6. The Morgan fingerprint density at radius 3 is 2.88 bits per heavy atom. The Kier molecular flexibility index (Phi) is 2.73. The van der Waals surface area contributed by atoms with Crippen molar-refractivity contribution in [2.45, 2.75) is 19.4 Å². The van der Waals surface area contributed by atoms with Crippen LogP contribution in [-0.4, -0.2) is 17.7 Å². The first-order chi connectivity index (χ1) is 8.34. The van der Waals surface area contributed by atoms with E-state index in [1.54, 1.807) is 4.57 Å². The minimum absolute atomic E-state index is 0.232. The van der Waals surface area contributed by atoms with E-state index in [0.29, 0.717) is 11.5 Å². The highest BCUT2D eigenvalue weighted by Crippen LogP contribution is 2.17. The molecule has 1 saturated heterocycles.